The molecule has 5 heteroatoms. The van der Waals surface area contributed by atoms with E-state index in [2.05, 4.69) is 15.4 Å². The predicted octanol–water partition coefficient (Wildman–Crippen LogP) is 0.906. The highest BCUT2D eigenvalue weighted by atomic mass is 16.5. The second-order valence-corrected chi connectivity index (χ2v) is 5.74. The van der Waals surface area contributed by atoms with E-state index < -0.39 is 0 Å². The van der Waals surface area contributed by atoms with E-state index in [0.29, 0.717) is 5.41 Å². The molecule has 1 saturated carbocycles. The molecule has 0 bridgehead atoms. The van der Waals surface area contributed by atoms with Gasteiger partial charge in [0, 0.05) is 39.3 Å². The van der Waals surface area contributed by atoms with Crippen molar-refractivity contribution >= 4 is 0 Å². The van der Waals surface area contributed by atoms with Gasteiger partial charge in [0.05, 0.1) is 0 Å². The van der Waals surface area contributed by atoms with E-state index in [4.69, 9.17) is 4.74 Å². The third kappa shape index (κ3) is 2.72. The maximum atomic E-state index is 5.53. The van der Waals surface area contributed by atoms with Crippen LogP contribution in [-0.4, -0.2) is 40.6 Å². The van der Waals surface area contributed by atoms with Crippen molar-refractivity contribution in [3.63, 3.8) is 0 Å². The number of nitrogens with one attached hydrogen (secondary N) is 1. The molecule has 1 N–H and O–H groups in total. The maximum Gasteiger partial charge on any atom is 0.138 e. The van der Waals surface area contributed by atoms with Gasteiger partial charge in [-0.2, -0.15) is 5.10 Å². The van der Waals surface area contributed by atoms with E-state index in [1.54, 1.807) is 6.33 Å². The smallest absolute Gasteiger partial charge is 0.138 e. The van der Waals surface area contributed by atoms with E-state index in [9.17, 15) is 0 Å². The topological polar surface area (TPSA) is 52.0 Å². The number of nitrogens with zero attached hydrogens (tertiary/aromatic N) is 3. The summed E-state index contributed by atoms with van der Waals surface area (Å²) in [6, 6.07) is 0.768. The molecule has 1 aromatic rings. The summed E-state index contributed by atoms with van der Waals surface area (Å²) in [4.78, 5) is 4.38. The number of aryl methyl sites for hydroxylation is 1. The minimum atomic E-state index is 0.307. The van der Waals surface area contributed by atoms with Gasteiger partial charge >= 0.3 is 0 Å². The zero-order valence-electron chi connectivity index (χ0n) is 11.1. The van der Waals surface area contributed by atoms with Crippen LogP contribution in [0.1, 0.15) is 31.5 Å². The molecule has 2 aliphatic rings. The highest BCUT2D eigenvalue weighted by Gasteiger charge is 2.35. The average Bonchev–Trinajstić information content (AvgIpc) is 3.14. The normalized spacial score (nSPS) is 23.2. The fraction of sp³-hybridized carbons (Fsp3) is 0.846. The van der Waals surface area contributed by atoms with E-state index in [1.807, 2.05) is 11.7 Å². The Kier molecular flexibility index (Phi) is 3.35. The Morgan fingerprint density at radius 1 is 1.44 bits per heavy atom. The minimum Gasteiger partial charge on any atom is -0.381 e. The van der Waals surface area contributed by atoms with Crippen molar-refractivity contribution < 1.29 is 4.74 Å². The molecule has 2 fully saturated rings. The van der Waals surface area contributed by atoms with Crippen molar-refractivity contribution in [3.05, 3.63) is 12.2 Å². The molecule has 5 nitrogen and oxygen atoms in total. The van der Waals surface area contributed by atoms with Crippen LogP contribution in [0, 0.1) is 5.41 Å². The van der Waals surface area contributed by atoms with Crippen LogP contribution in [0.2, 0.25) is 0 Å². The molecule has 0 radical (unpaired) electrons. The molecular weight excluding hydrogens is 228 g/mol. The quantitative estimate of drug-likeness (QED) is 0.844. The van der Waals surface area contributed by atoms with Gasteiger partial charge in [0.1, 0.15) is 12.2 Å². The van der Waals surface area contributed by atoms with Crippen LogP contribution >= 0.6 is 0 Å². The lowest BCUT2D eigenvalue weighted by Crippen LogP contribution is -2.42. The second kappa shape index (κ2) is 4.97. The lowest BCUT2D eigenvalue weighted by molar-refractivity contribution is 0.0134. The molecule has 1 aromatic heterocycles. The fourth-order valence-corrected chi connectivity index (χ4v) is 2.68. The van der Waals surface area contributed by atoms with Gasteiger partial charge in [-0.1, -0.05) is 0 Å². The Morgan fingerprint density at radius 2 is 2.22 bits per heavy atom. The van der Waals surface area contributed by atoms with Crippen LogP contribution in [0.5, 0.6) is 0 Å². The summed E-state index contributed by atoms with van der Waals surface area (Å²) in [5.74, 6) is 1.09. The molecule has 100 valence electrons. The maximum absolute atomic E-state index is 5.53. The lowest BCUT2D eigenvalue weighted by atomic mass is 9.77. The summed E-state index contributed by atoms with van der Waals surface area (Å²) in [5.41, 5.74) is 0.307. The number of ether oxygens (including phenoxy) is 1. The van der Waals surface area contributed by atoms with Gasteiger partial charge in [-0.3, -0.25) is 4.68 Å². The number of rotatable bonds is 5. The van der Waals surface area contributed by atoms with E-state index in [-0.39, 0.29) is 0 Å². The van der Waals surface area contributed by atoms with E-state index in [0.717, 1.165) is 50.9 Å². The summed E-state index contributed by atoms with van der Waals surface area (Å²) >= 11 is 0. The minimum absolute atomic E-state index is 0.307. The lowest BCUT2D eigenvalue weighted by Gasteiger charge is -2.37. The molecule has 1 aliphatic heterocycles. The van der Waals surface area contributed by atoms with Gasteiger partial charge in [-0.05, 0) is 31.1 Å². The monoisotopic (exact) mass is 250 g/mol. The van der Waals surface area contributed by atoms with E-state index >= 15 is 0 Å². The summed E-state index contributed by atoms with van der Waals surface area (Å²) < 4.78 is 7.42. The molecule has 2 heterocycles. The van der Waals surface area contributed by atoms with E-state index in [1.165, 1.54) is 12.8 Å². The average molecular weight is 250 g/mol. The second-order valence-electron chi connectivity index (χ2n) is 5.74. The van der Waals surface area contributed by atoms with Gasteiger partial charge < -0.3 is 10.1 Å². The first-order valence-corrected chi connectivity index (χ1v) is 6.91. The first-order chi connectivity index (χ1) is 8.77. The van der Waals surface area contributed by atoms with Crippen LogP contribution in [0.25, 0.3) is 0 Å². The van der Waals surface area contributed by atoms with Crippen LogP contribution in [0.4, 0.5) is 0 Å². The van der Waals surface area contributed by atoms with Crippen molar-refractivity contribution in [1.82, 2.24) is 20.1 Å². The molecule has 3 rings (SSSR count). The standard InChI is InChI=1S/C13H22N4O/c1-17-12(15-10-16-17)8-13(4-6-18-7-5-13)9-14-11-2-3-11/h10-11,14H,2-9H2,1H3. The highest BCUT2D eigenvalue weighted by molar-refractivity contribution is 4.97. The van der Waals surface area contributed by atoms with Gasteiger partial charge in [0.2, 0.25) is 0 Å². The highest BCUT2D eigenvalue weighted by Crippen LogP contribution is 2.34. The summed E-state index contributed by atoms with van der Waals surface area (Å²) in [5, 5.41) is 7.86. The Bertz CT molecular complexity index is 393. The summed E-state index contributed by atoms with van der Waals surface area (Å²) in [6.45, 7) is 2.85. The predicted molar refractivity (Wildman–Crippen MR) is 68.2 cm³/mol. The Balaban J connectivity index is 1.69. The van der Waals surface area contributed by atoms with Crippen LogP contribution in [0.3, 0.4) is 0 Å². The summed E-state index contributed by atoms with van der Waals surface area (Å²) in [7, 11) is 1.98. The van der Waals surface area contributed by atoms with Gasteiger partial charge in [0.25, 0.3) is 0 Å². The Hall–Kier alpha value is -0.940. The number of aromatic nitrogens is 3. The molecular formula is C13H22N4O. The molecule has 0 atom stereocenters. The third-order valence-electron chi connectivity index (χ3n) is 4.23. The van der Waals surface area contributed by atoms with Crippen molar-refractivity contribution in [2.75, 3.05) is 19.8 Å². The van der Waals surface area contributed by atoms with Crippen molar-refractivity contribution in [1.29, 1.82) is 0 Å². The third-order valence-corrected chi connectivity index (χ3v) is 4.23. The van der Waals surface area contributed by atoms with Gasteiger partial charge in [0.15, 0.2) is 0 Å². The molecule has 1 aliphatic carbocycles. The van der Waals surface area contributed by atoms with Crippen molar-refractivity contribution in [2.45, 2.75) is 38.1 Å². The van der Waals surface area contributed by atoms with Crippen molar-refractivity contribution in [3.8, 4) is 0 Å². The van der Waals surface area contributed by atoms with Crippen LogP contribution in [0.15, 0.2) is 6.33 Å². The molecule has 0 amide bonds. The molecule has 0 aromatic carbocycles. The van der Waals surface area contributed by atoms with Gasteiger partial charge in [-0.15, -0.1) is 0 Å². The zero-order valence-corrected chi connectivity index (χ0v) is 11.1. The number of hydrogen-bond donors (Lipinski definition) is 1. The Labute approximate surface area is 108 Å². The molecule has 0 unspecified atom stereocenters. The Morgan fingerprint density at radius 3 is 2.83 bits per heavy atom. The largest absolute Gasteiger partial charge is 0.381 e. The molecule has 1 saturated heterocycles. The van der Waals surface area contributed by atoms with Crippen LogP contribution < -0.4 is 5.32 Å². The van der Waals surface area contributed by atoms with Crippen molar-refractivity contribution in [2.24, 2.45) is 12.5 Å². The zero-order chi connectivity index (χ0) is 12.4. The first-order valence-electron chi connectivity index (χ1n) is 6.91. The SMILES string of the molecule is Cn1ncnc1CC1(CNC2CC2)CCOCC1. The van der Waals surface area contributed by atoms with Gasteiger partial charge in [-0.25, -0.2) is 4.98 Å². The van der Waals surface area contributed by atoms with Crippen LogP contribution in [-0.2, 0) is 18.2 Å². The number of hydrogen-bond acceptors (Lipinski definition) is 4. The summed E-state index contributed by atoms with van der Waals surface area (Å²) in [6.07, 6.45) is 7.59. The molecule has 0 spiro atoms. The first kappa shape index (κ1) is 12.1. The fourth-order valence-electron chi connectivity index (χ4n) is 2.68. The molecule has 18 heavy (non-hydrogen) atoms.